The number of hydrogen-bond acceptors (Lipinski definition) is 5. The highest BCUT2D eigenvalue weighted by Crippen LogP contribution is 2.26. The Morgan fingerprint density at radius 2 is 2.21 bits per heavy atom. The normalized spacial score (nSPS) is 13.6. The van der Waals surface area contributed by atoms with E-state index in [1.54, 1.807) is 19.4 Å². The fourth-order valence-corrected chi connectivity index (χ4v) is 3.16. The van der Waals surface area contributed by atoms with Crippen LogP contribution in [0.5, 0.6) is 0 Å². The first-order chi connectivity index (χ1) is 11.6. The van der Waals surface area contributed by atoms with Gasteiger partial charge in [0.05, 0.1) is 12.8 Å². The van der Waals surface area contributed by atoms with Gasteiger partial charge < -0.3 is 13.9 Å². The molecule has 0 amide bonds. The molecule has 0 unspecified atom stereocenters. The summed E-state index contributed by atoms with van der Waals surface area (Å²) in [7, 11) is 1.63. The Balaban J connectivity index is 1.90. The summed E-state index contributed by atoms with van der Waals surface area (Å²) in [5.41, 5.74) is 0.147. The smallest absolute Gasteiger partial charge is 0.332 e. The summed E-state index contributed by atoms with van der Waals surface area (Å²) in [5, 5.41) is 0. The van der Waals surface area contributed by atoms with E-state index in [1.165, 1.54) is 9.13 Å². The molecular weight excluding hydrogens is 310 g/mol. The summed E-state index contributed by atoms with van der Waals surface area (Å²) in [6, 6.07) is 3.74. The molecule has 8 nitrogen and oxygen atoms in total. The zero-order chi connectivity index (χ0) is 16.8. The van der Waals surface area contributed by atoms with E-state index in [4.69, 9.17) is 4.42 Å². The third-order valence-electron chi connectivity index (χ3n) is 4.33. The average Bonchev–Trinajstić information content (AvgIpc) is 3.27. The summed E-state index contributed by atoms with van der Waals surface area (Å²) < 4.78 is 9.86. The van der Waals surface area contributed by atoms with Gasteiger partial charge in [0.1, 0.15) is 5.76 Å². The van der Waals surface area contributed by atoms with Gasteiger partial charge in [-0.15, -0.1) is 6.58 Å². The number of aromatic nitrogens is 4. The zero-order valence-corrected chi connectivity index (χ0v) is 13.3. The lowest BCUT2D eigenvalue weighted by atomic mass is 10.4. The molecule has 3 aromatic heterocycles. The largest absolute Gasteiger partial charge is 0.467 e. The van der Waals surface area contributed by atoms with E-state index >= 15 is 0 Å². The van der Waals surface area contributed by atoms with Crippen molar-refractivity contribution < 1.29 is 4.42 Å². The number of aryl methyl sites for hydroxylation is 1. The van der Waals surface area contributed by atoms with Gasteiger partial charge in [-0.1, -0.05) is 6.08 Å². The standard InChI is InChI=1S/C16H17N5O3/c1-3-6-21-14(22)12-13(18(2)16(21)23)17-15-19(7-8-20(12)15)10-11-5-4-9-24-11/h3-5,9H,1,6-8,10H2,2H3. The summed E-state index contributed by atoms with van der Waals surface area (Å²) in [6.07, 6.45) is 3.17. The fourth-order valence-electron chi connectivity index (χ4n) is 3.16. The highest BCUT2D eigenvalue weighted by molar-refractivity contribution is 5.75. The van der Waals surface area contributed by atoms with Gasteiger partial charge in [-0.05, 0) is 12.1 Å². The van der Waals surface area contributed by atoms with Crippen molar-refractivity contribution in [2.24, 2.45) is 7.05 Å². The van der Waals surface area contributed by atoms with Crippen LogP contribution in [0, 0.1) is 0 Å². The van der Waals surface area contributed by atoms with Gasteiger partial charge in [-0.2, -0.15) is 4.98 Å². The van der Waals surface area contributed by atoms with Crippen molar-refractivity contribution >= 4 is 17.1 Å². The van der Waals surface area contributed by atoms with Crippen molar-refractivity contribution in [3.8, 4) is 0 Å². The highest BCUT2D eigenvalue weighted by atomic mass is 16.3. The molecule has 4 heterocycles. The van der Waals surface area contributed by atoms with Gasteiger partial charge in [-0.25, -0.2) is 4.79 Å². The first-order valence-electron chi connectivity index (χ1n) is 7.70. The number of fused-ring (bicyclic) bond motifs is 3. The van der Waals surface area contributed by atoms with Crippen molar-refractivity contribution in [3.05, 3.63) is 57.6 Å². The number of anilines is 1. The minimum Gasteiger partial charge on any atom is -0.467 e. The van der Waals surface area contributed by atoms with E-state index in [-0.39, 0.29) is 17.8 Å². The highest BCUT2D eigenvalue weighted by Gasteiger charge is 2.28. The van der Waals surface area contributed by atoms with Crippen LogP contribution >= 0.6 is 0 Å². The summed E-state index contributed by atoms with van der Waals surface area (Å²) in [5.74, 6) is 1.51. The minimum absolute atomic E-state index is 0.179. The van der Waals surface area contributed by atoms with Crippen molar-refractivity contribution in [3.63, 3.8) is 0 Å². The molecule has 0 bridgehead atoms. The Labute approximate surface area is 136 Å². The van der Waals surface area contributed by atoms with Crippen LogP contribution in [0.25, 0.3) is 11.2 Å². The maximum atomic E-state index is 12.7. The van der Waals surface area contributed by atoms with Gasteiger partial charge in [-0.3, -0.25) is 13.9 Å². The van der Waals surface area contributed by atoms with Crippen molar-refractivity contribution in [2.45, 2.75) is 19.6 Å². The molecule has 24 heavy (non-hydrogen) atoms. The minimum atomic E-state index is -0.387. The molecular formula is C16H17N5O3. The van der Waals surface area contributed by atoms with Crippen LogP contribution < -0.4 is 16.1 Å². The van der Waals surface area contributed by atoms with Gasteiger partial charge in [0.2, 0.25) is 5.95 Å². The first-order valence-corrected chi connectivity index (χ1v) is 7.70. The van der Waals surface area contributed by atoms with Crippen LogP contribution in [0.15, 0.2) is 45.1 Å². The second-order valence-corrected chi connectivity index (χ2v) is 5.78. The molecule has 1 aliphatic heterocycles. The summed E-state index contributed by atoms with van der Waals surface area (Å²) >= 11 is 0. The quantitative estimate of drug-likeness (QED) is 0.659. The predicted octanol–water partition coefficient (Wildman–Crippen LogP) is 0.696. The molecule has 8 heteroatoms. The van der Waals surface area contributed by atoms with Crippen LogP contribution in [0.2, 0.25) is 0 Å². The summed E-state index contributed by atoms with van der Waals surface area (Å²) in [6.45, 7) is 5.75. The molecule has 3 aromatic rings. The molecule has 4 rings (SSSR count). The second-order valence-electron chi connectivity index (χ2n) is 5.78. The van der Waals surface area contributed by atoms with Gasteiger partial charge in [0, 0.05) is 26.7 Å². The molecule has 0 atom stereocenters. The molecule has 0 saturated heterocycles. The van der Waals surface area contributed by atoms with E-state index in [2.05, 4.69) is 11.6 Å². The van der Waals surface area contributed by atoms with E-state index in [0.29, 0.717) is 30.2 Å². The number of allylic oxidation sites excluding steroid dienone is 1. The van der Waals surface area contributed by atoms with Crippen LogP contribution in [0.4, 0.5) is 5.95 Å². The Bertz CT molecular complexity index is 1040. The van der Waals surface area contributed by atoms with Crippen molar-refractivity contribution in [2.75, 3.05) is 11.4 Å². The molecule has 0 aromatic carbocycles. The SMILES string of the molecule is C=CCn1c(=O)c2c(nc3n2CCN3Cc2ccco2)n(C)c1=O. The van der Waals surface area contributed by atoms with Gasteiger partial charge >= 0.3 is 5.69 Å². The Morgan fingerprint density at radius 3 is 2.92 bits per heavy atom. The number of nitrogens with zero attached hydrogens (tertiary/aromatic N) is 5. The van der Waals surface area contributed by atoms with E-state index in [0.717, 1.165) is 12.3 Å². The predicted molar refractivity (Wildman–Crippen MR) is 89.2 cm³/mol. The van der Waals surface area contributed by atoms with Gasteiger partial charge in [0.15, 0.2) is 11.2 Å². The number of hydrogen-bond donors (Lipinski definition) is 0. The van der Waals surface area contributed by atoms with Crippen molar-refractivity contribution in [1.82, 2.24) is 18.7 Å². The third kappa shape index (κ3) is 1.96. The summed E-state index contributed by atoms with van der Waals surface area (Å²) in [4.78, 5) is 31.7. The third-order valence-corrected chi connectivity index (χ3v) is 4.33. The molecule has 1 aliphatic rings. The van der Waals surface area contributed by atoms with Crippen LogP contribution in [0.3, 0.4) is 0 Å². The lowest BCUT2D eigenvalue weighted by molar-refractivity contribution is 0.504. The first kappa shape index (κ1) is 14.6. The van der Waals surface area contributed by atoms with Crippen LogP contribution in [-0.4, -0.2) is 25.2 Å². The molecule has 0 saturated carbocycles. The van der Waals surface area contributed by atoms with Crippen LogP contribution in [-0.2, 0) is 26.7 Å². The molecule has 124 valence electrons. The number of rotatable bonds is 4. The van der Waals surface area contributed by atoms with E-state index in [9.17, 15) is 9.59 Å². The van der Waals surface area contributed by atoms with E-state index in [1.807, 2.05) is 21.6 Å². The second kappa shape index (κ2) is 5.26. The maximum Gasteiger partial charge on any atom is 0.332 e. The molecule has 0 spiro atoms. The molecule has 0 fully saturated rings. The monoisotopic (exact) mass is 327 g/mol. The maximum absolute atomic E-state index is 12.7. The average molecular weight is 327 g/mol. The Kier molecular flexibility index (Phi) is 3.19. The molecule has 0 N–H and O–H groups in total. The number of imidazole rings is 1. The van der Waals surface area contributed by atoms with Crippen molar-refractivity contribution in [1.29, 1.82) is 0 Å². The van der Waals surface area contributed by atoms with Gasteiger partial charge in [0.25, 0.3) is 5.56 Å². The molecule has 0 aliphatic carbocycles. The zero-order valence-electron chi connectivity index (χ0n) is 13.3. The number of furan rings is 1. The molecule has 0 radical (unpaired) electrons. The lowest BCUT2D eigenvalue weighted by Crippen LogP contribution is -2.39. The van der Waals surface area contributed by atoms with Crippen LogP contribution in [0.1, 0.15) is 5.76 Å². The topological polar surface area (TPSA) is 78.2 Å². The lowest BCUT2D eigenvalue weighted by Gasteiger charge is -2.13. The van der Waals surface area contributed by atoms with E-state index < -0.39 is 0 Å². The Morgan fingerprint density at radius 1 is 1.38 bits per heavy atom. The Hall–Kier alpha value is -3.03. The fraction of sp³-hybridized carbons (Fsp3) is 0.312.